The maximum Gasteiger partial charge on any atom is 0.325 e. The summed E-state index contributed by atoms with van der Waals surface area (Å²) in [4.78, 5) is 20.7. The van der Waals surface area contributed by atoms with E-state index in [1.165, 1.54) is 32.1 Å². The number of halogens is 1. The van der Waals surface area contributed by atoms with Crippen LogP contribution in [0.5, 0.6) is 0 Å². The molecule has 0 saturated heterocycles. The maximum atomic E-state index is 11.2. The van der Waals surface area contributed by atoms with Gasteiger partial charge >= 0.3 is 5.69 Å². The molecule has 0 bridgehead atoms. The van der Waals surface area contributed by atoms with Gasteiger partial charge in [-0.1, -0.05) is 74.0 Å². The molecule has 0 radical (unpaired) electrons. The summed E-state index contributed by atoms with van der Waals surface area (Å²) in [7, 11) is 0. The number of nitrogens with zero attached hydrogens (tertiary/aromatic N) is 1. The minimum atomic E-state index is -0.284. The highest BCUT2D eigenvalue weighted by Crippen LogP contribution is 2.27. The van der Waals surface area contributed by atoms with E-state index in [1.54, 1.807) is 6.07 Å². The van der Waals surface area contributed by atoms with Crippen LogP contribution in [0.25, 0.3) is 22.4 Å². The smallest absolute Gasteiger partial charge is 0.304 e. The summed E-state index contributed by atoms with van der Waals surface area (Å²) in [5.41, 5.74) is 2.42. The summed E-state index contributed by atoms with van der Waals surface area (Å²) in [6.07, 6.45) is 7.50. The number of rotatable bonds is 1. The number of pyridine rings is 1. The maximum absolute atomic E-state index is 11.2. The first-order chi connectivity index (χ1) is 10.7. The summed E-state index contributed by atoms with van der Waals surface area (Å²) in [5, 5.41) is 0.513. The molecule has 1 aliphatic carbocycles. The molecule has 2 N–H and O–H groups in total. The Bertz CT molecular complexity index is 796. The summed E-state index contributed by atoms with van der Waals surface area (Å²) >= 11 is 6.15. The lowest BCUT2D eigenvalue weighted by Gasteiger charge is -2.02. The van der Waals surface area contributed by atoms with Gasteiger partial charge in [0.2, 0.25) is 0 Å². The third-order valence-corrected chi connectivity index (χ3v) is 4.04. The highest BCUT2D eigenvalue weighted by molar-refractivity contribution is 6.33. The van der Waals surface area contributed by atoms with Crippen molar-refractivity contribution in [2.24, 2.45) is 0 Å². The fourth-order valence-corrected chi connectivity index (χ4v) is 2.88. The van der Waals surface area contributed by atoms with Crippen molar-refractivity contribution in [3.63, 3.8) is 0 Å². The monoisotopic (exact) mass is 315 g/mol. The van der Waals surface area contributed by atoms with E-state index in [1.807, 2.05) is 30.3 Å². The van der Waals surface area contributed by atoms with E-state index in [2.05, 4.69) is 15.0 Å². The van der Waals surface area contributed by atoms with Crippen molar-refractivity contribution in [2.75, 3.05) is 0 Å². The number of fused-ring (bicyclic) bond motifs is 1. The van der Waals surface area contributed by atoms with Crippen molar-refractivity contribution in [2.45, 2.75) is 32.1 Å². The van der Waals surface area contributed by atoms with Gasteiger partial charge in [-0.15, -0.1) is 0 Å². The SMILES string of the molecule is C1CCCC1.O=c1[nH]c2cc(Cl)c(-c3ccccc3)nc2[nH]1. The van der Waals surface area contributed by atoms with E-state index in [4.69, 9.17) is 11.6 Å². The summed E-state index contributed by atoms with van der Waals surface area (Å²) in [6, 6.07) is 11.3. The third-order valence-electron chi connectivity index (χ3n) is 3.75. The first-order valence-electron chi connectivity index (χ1n) is 7.58. The summed E-state index contributed by atoms with van der Waals surface area (Å²) in [6.45, 7) is 0. The summed E-state index contributed by atoms with van der Waals surface area (Å²) in [5.74, 6) is 0. The number of imidazole rings is 1. The van der Waals surface area contributed by atoms with Gasteiger partial charge in [0.15, 0.2) is 5.65 Å². The lowest BCUT2D eigenvalue weighted by Crippen LogP contribution is -1.99. The van der Waals surface area contributed by atoms with Gasteiger partial charge in [0, 0.05) is 5.56 Å². The van der Waals surface area contributed by atoms with Crippen LogP contribution in [0.4, 0.5) is 0 Å². The Morgan fingerprint density at radius 3 is 2.23 bits per heavy atom. The van der Waals surface area contributed by atoms with Gasteiger partial charge < -0.3 is 4.98 Å². The quantitative estimate of drug-likeness (QED) is 0.693. The molecule has 114 valence electrons. The molecule has 5 heteroatoms. The highest BCUT2D eigenvalue weighted by atomic mass is 35.5. The average molecular weight is 316 g/mol. The van der Waals surface area contributed by atoms with Gasteiger partial charge in [0.05, 0.1) is 16.2 Å². The predicted octanol–water partition coefficient (Wildman–Crippen LogP) is 4.52. The number of H-pyrrole nitrogens is 2. The van der Waals surface area contributed by atoms with Crippen molar-refractivity contribution in [1.29, 1.82) is 0 Å². The fourth-order valence-electron chi connectivity index (χ4n) is 2.62. The molecule has 0 atom stereocenters. The summed E-state index contributed by atoms with van der Waals surface area (Å²) < 4.78 is 0. The Morgan fingerprint density at radius 2 is 1.59 bits per heavy atom. The second-order valence-corrected chi connectivity index (χ2v) is 5.84. The lowest BCUT2D eigenvalue weighted by atomic mass is 10.1. The fraction of sp³-hybridized carbons (Fsp3) is 0.294. The third kappa shape index (κ3) is 3.39. The second kappa shape index (κ2) is 6.79. The molecule has 1 aliphatic rings. The van der Waals surface area contributed by atoms with Gasteiger partial charge in [-0.3, -0.25) is 4.98 Å². The van der Waals surface area contributed by atoms with Crippen LogP contribution in [-0.2, 0) is 0 Å². The number of aromatic amines is 2. The average Bonchev–Trinajstić information content (AvgIpc) is 3.19. The molecule has 22 heavy (non-hydrogen) atoms. The van der Waals surface area contributed by atoms with Gasteiger partial charge in [0.1, 0.15) is 0 Å². The number of benzene rings is 1. The number of hydrogen-bond donors (Lipinski definition) is 2. The molecule has 1 fully saturated rings. The van der Waals surface area contributed by atoms with Crippen LogP contribution in [0.1, 0.15) is 32.1 Å². The number of hydrogen-bond acceptors (Lipinski definition) is 2. The minimum Gasteiger partial charge on any atom is -0.304 e. The Morgan fingerprint density at radius 1 is 0.955 bits per heavy atom. The van der Waals surface area contributed by atoms with Crippen molar-refractivity contribution < 1.29 is 0 Å². The van der Waals surface area contributed by atoms with Crippen LogP contribution in [0.15, 0.2) is 41.2 Å². The normalized spacial score (nSPS) is 13.9. The topological polar surface area (TPSA) is 61.5 Å². The molecular formula is C17H18ClN3O. The van der Waals surface area contributed by atoms with Crippen LogP contribution in [0.2, 0.25) is 5.02 Å². The minimum absolute atomic E-state index is 0.284. The van der Waals surface area contributed by atoms with Crippen molar-refractivity contribution in [3.05, 3.63) is 51.9 Å². The van der Waals surface area contributed by atoms with E-state index in [0.717, 1.165) is 5.56 Å². The highest BCUT2D eigenvalue weighted by Gasteiger charge is 2.08. The molecule has 0 spiro atoms. The number of nitrogens with one attached hydrogen (secondary N) is 2. The van der Waals surface area contributed by atoms with E-state index in [0.29, 0.717) is 21.9 Å². The Balaban J connectivity index is 0.000000246. The van der Waals surface area contributed by atoms with Crippen LogP contribution in [0.3, 0.4) is 0 Å². The zero-order valence-corrected chi connectivity index (χ0v) is 13.0. The molecule has 1 aromatic carbocycles. The Kier molecular flexibility index (Phi) is 4.59. The van der Waals surface area contributed by atoms with Crippen LogP contribution in [-0.4, -0.2) is 15.0 Å². The van der Waals surface area contributed by atoms with Gasteiger partial charge in [-0.25, -0.2) is 9.78 Å². The molecule has 0 unspecified atom stereocenters. The van der Waals surface area contributed by atoms with Gasteiger partial charge in [-0.05, 0) is 6.07 Å². The van der Waals surface area contributed by atoms with Crippen molar-refractivity contribution >= 4 is 22.8 Å². The van der Waals surface area contributed by atoms with E-state index < -0.39 is 0 Å². The Hall–Kier alpha value is -2.07. The molecular weight excluding hydrogens is 298 g/mol. The standard InChI is InChI=1S/C12H8ClN3O.C5H10/c13-8-6-9-11(16-12(17)14-9)15-10(8)7-4-2-1-3-5-7;1-2-4-5-3-1/h1-6H,(H2,14,15,16,17);1-5H2. The zero-order chi connectivity index (χ0) is 15.4. The molecule has 0 amide bonds. The number of aromatic nitrogens is 3. The van der Waals surface area contributed by atoms with E-state index in [-0.39, 0.29) is 5.69 Å². The van der Waals surface area contributed by atoms with Crippen LogP contribution in [0, 0.1) is 0 Å². The second-order valence-electron chi connectivity index (χ2n) is 5.43. The zero-order valence-electron chi connectivity index (χ0n) is 12.2. The Labute approximate surface area is 133 Å². The molecule has 2 heterocycles. The van der Waals surface area contributed by atoms with Crippen molar-refractivity contribution in [1.82, 2.24) is 15.0 Å². The van der Waals surface area contributed by atoms with Gasteiger partial charge in [-0.2, -0.15) is 0 Å². The van der Waals surface area contributed by atoms with Gasteiger partial charge in [0.25, 0.3) is 0 Å². The van der Waals surface area contributed by atoms with Crippen molar-refractivity contribution in [3.8, 4) is 11.3 Å². The molecule has 1 saturated carbocycles. The predicted molar refractivity (Wildman–Crippen MR) is 90.2 cm³/mol. The van der Waals surface area contributed by atoms with E-state index in [9.17, 15) is 4.79 Å². The molecule has 4 nitrogen and oxygen atoms in total. The van der Waals surface area contributed by atoms with Crippen LogP contribution >= 0.6 is 11.6 Å². The molecule has 3 aromatic rings. The first-order valence-corrected chi connectivity index (χ1v) is 7.96. The van der Waals surface area contributed by atoms with E-state index >= 15 is 0 Å². The largest absolute Gasteiger partial charge is 0.325 e. The molecule has 0 aliphatic heterocycles. The molecule has 4 rings (SSSR count). The van der Waals surface area contributed by atoms with Crippen LogP contribution < -0.4 is 5.69 Å². The lowest BCUT2D eigenvalue weighted by molar-refractivity contribution is 0.886. The molecule has 2 aromatic heterocycles. The first kappa shape index (κ1) is 14.9.